The molecule has 3 aromatic rings. The van der Waals surface area contributed by atoms with Gasteiger partial charge in [0.2, 0.25) is 0 Å². The van der Waals surface area contributed by atoms with Crippen molar-refractivity contribution in [3.05, 3.63) is 94.0 Å². The van der Waals surface area contributed by atoms with Crippen molar-refractivity contribution in [2.24, 2.45) is 5.92 Å². The van der Waals surface area contributed by atoms with Crippen LogP contribution in [0.4, 0.5) is 13.2 Å². The van der Waals surface area contributed by atoms with Crippen LogP contribution in [-0.2, 0) is 11.0 Å². The first kappa shape index (κ1) is 24.8. The summed E-state index contributed by atoms with van der Waals surface area (Å²) in [5.41, 5.74) is 3.44. The lowest BCUT2D eigenvalue weighted by Crippen LogP contribution is -2.12. The summed E-state index contributed by atoms with van der Waals surface area (Å²) >= 11 is 5.96. The van der Waals surface area contributed by atoms with Crippen LogP contribution < -0.4 is 0 Å². The van der Waals surface area contributed by atoms with E-state index in [1.54, 1.807) is 19.1 Å². The fourth-order valence-electron chi connectivity index (χ4n) is 3.77. The monoisotopic (exact) mass is 470 g/mol. The summed E-state index contributed by atoms with van der Waals surface area (Å²) in [6.07, 6.45) is 0.195. The van der Waals surface area contributed by atoms with Gasteiger partial charge in [0.15, 0.2) is 0 Å². The third-order valence-electron chi connectivity index (χ3n) is 5.46. The van der Waals surface area contributed by atoms with Gasteiger partial charge in [-0.1, -0.05) is 74.0 Å². The number of carbonyl (C=O) groups excluding carboxylic acids is 1. The topological polar surface area (TPSA) is 17.1 Å². The Kier molecular flexibility index (Phi) is 7.80. The molecule has 0 aliphatic heterocycles. The second-order valence-corrected chi connectivity index (χ2v) is 9.08. The first-order chi connectivity index (χ1) is 15.5. The zero-order valence-electron chi connectivity index (χ0n) is 18.8. The van der Waals surface area contributed by atoms with Gasteiger partial charge in [0.25, 0.3) is 0 Å². The molecule has 0 fully saturated rings. The van der Waals surface area contributed by atoms with Crippen molar-refractivity contribution in [2.75, 3.05) is 0 Å². The highest BCUT2D eigenvalue weighted by molar-refractivity contribution is 6.30. The molecule has 1 nitrogen and oxygen atoms in total. The highest BCUT2D eigenvalue weighted by Crippen LogP contribution is 2.34. The van der Waals surface area contributed by atoms with Crippen molar-refractivity contribution in [1.82, 2.24) is 0 Å². The number of Topliss-reactive ketones (excluding diaryl/α,β-unsaturated/α-hetero) is 1. The first-order valence-corrected chi connectivity index (χ1v) is 11.2. The molecule has 0 saturated heterocycles. The second kappa shape index (κ2) is 10.4. The molecule has 0 aliphatic rings. The molecule has 0 radical (unpaired) electrons. The van der Waals surface area contributed by atoms with Crippen LogP contribution in [0.2, 0.25) is 5.02 Å². The van der Waals surface area contributed by atoms with Crippen molar-refractivity contribution in [3.63, 3.8) is 0 Å². The van der Waals surface area contributed by atoms with E-state index in [-0.39, 0.29) is 11.7 Å². The average molecular weight is 471 g/mol. The standard InChI is InChI=1S/C28H26ClF3O/c1-18(2)14-27(19(3)33)24-16-21(5-4-20-6-12-26(29)13-7-20)15-23(17-24)22-8-10-25(11-9-22)28(30,31)32/h4-13,15-18,27H,14H2,1-3H3/b5-4+. The van der Waals surface area contributed by atoms with Crippen LogP contribution in [-0.4, -0.2) is 5.78 Å². The van der Waals surface area contributed by atoms with Gasteiger partial charge in [0.05, 0.1) is 5.56 Å². The predicted molar refractivity (Wildman–Crippen MR) is 130 cm³/mol. The van der Waals surface area contributed by atoms with Crippen LogP contribution in [0.3, 0.4) is 0 Å². The van der Waals surface area contributed by atoms with Gasteiger partial charge in [0, 0.05) is 10.9 Å². The van der Waals surface area contributed by atoms with E-state index in [1.807, 2.05) is 42.5 Å². The molecule has 33 heavy (non-hydrogen) atoms. The highest BCUT2D eigenvalue weighted by atomic mass is 35.5. The second-order valence-electron chi connectivity index (χ2n) is 8.64. The number of alkyl halides is 3. The Hall–Kier alpha value is -2.85. The Morgan fingerprint density at radius 2 is 1.48 bits per heavy atom. The van der Waals surface area contributed by atoms with Crippen LogP contribution in [0.25, 0.3) is 23.3 Å². The van der Waals surface area contributed by atoms with Crippen LogP contribution in [0.5, 0.6) is 0 Å². The molecule has 0 amide bonds. The SMILES string of the molecule is CC(=O)C(CC(C)C)c1cc(/C=C/c2ccc(Cl)cc2)cc(-c2ccc(C(F)(F)F)cc2)c1. The minimum absolute atomic E-state index is 0.0703. The Labute approximate surface area is 197 Å². The Morgan fingerprint density at radius 3 is 2.03 bits per heavy atom. The van der Waals surface area contributed by atoms with E-state index in [1.165, 1.54) is 12.1 Å². The summed E-state index contributed by atoms with van der Waals surface area (Å²) in [5, 5.41) is 0.650. The third kappa shape index (κ3) is 6.82. The molecule has 0 heterocycles. The normalized spacial score (nSPS) is 13.0. The molecule has 0 saturated carbocycles. The summed E-state index contributed by atoms with van der Waals surface area (Å²) in [7, 11) is 0. The van der Waals surface area contributed by atoms with Crippen LogP contribution in [0.1, 0.15) is 55.4 Å². The molecular weight excluding hydrogens is 445 g/mol. The number of benzene rings is 3. The van der Waals surface area contributed by atoms with Crippen LogP contribution in [0.15, 0.2) is 66.7 Å². The zero-order chi connectivity index (χ0) is 24.2. The van der Waals surface area contributed by atoms with E-state index in [0.717, 1.165) is 34.4 Å². The number of hydrogen-bond donors (Lipinski definition) is 0. The van der Waals surface area contributed by atoms with Gasteiger partial charge < -0.3 is 0 Å². The van der Waals surface area contributed by atoms with Gasteiger partial charge in [-0.25, -0.2) is 0 Å². The molecular formula is C28H26ClF3O. The van der Waals surface area contributed by atoms with Gasteiger partial charge in [-0.05, 0) is 77.4 Å². The maximum atomic E-state index is 13.0. The Bertz CT molecular complexity index is 1130. The Balaban J connectivity index is 2.06. The number of halogens is 4. The molecule has 1 atom stereocenters. The van der Waals surface area contributed by atoms with Crippen LogP contribution in [0, 0.1) is 5.92 Å². The molecule has 172 valence electrons. The molecule has 3 rings (SSSR count). The van der Waals surface area contributed by atoms with Crippen molar-refractivity contribution in [1.29, 1.82) is 0 Å². The summed E-state index contributed by atoms with van der Waals surface area (Å²) in [6.45, 7) is 5.72. The van der Waals surface area contributed by atoms with E-state index in [9.17, 15) is 18.0 Å². The molecule has 1 unspecified atom stereocenters. The lowest BCUT2D eigenvalue weighted by Gasteiger charge is -2.19. The smallest absolute Gasteiger partial charge is 0.299 e. The van der Waals surface area contributed by atoms with Gasteiger partial charge in [-0.3, -0.25) is 4.79 Å². The maximum absolute atomic E-state index is 13.0. The molecule has 0 spiro atoms. The lowest BCUT2D eigenvalue weighted by atomic mass is 9.85. The summed E-state index contributed by atoms with van der Waals surface area (Å²) in [5.74, 6) is 0.115. The number of hydrogen-bond acceptors (Lipinski definition) is 1. The molecule has 0 N–H and O–H groups in total. The van der Waals surface area contributed by atoms with E-state index in [0.29, 0.717) is 22.9 Å². The van der Waals surface area contributed by atoms with Crippen molar-refractivity contribution < 1.29 is 18.0 Å². The fraction of sp³-hybridized carbons (Fsp3) is 0.250. The summed E-state index contributed by atoms with van der Waals surface area (Å²) < 4.78 is 39.0. The highest BCUT2D eigenvalue weighted by Gasteiger charge is 2.30. The number of carbonyl (C=O) groups is 1. The van der Waals surface area contributed by atoms with Crippen molar-refractivity contribution in [3.8, 4) is 11.1 Å². The van der Waals surface area contributed by atoms with E-state index >= 15 is 0 Å². The molecule has 0 bridgehead atoms. The average Bonchev–Trinajstić information content (AvgIpc) is 2.76. The minimum Gasteiger partial charge on any atom is -0.299 e. The molecule has 3 aromatic carbocycles. The Morgan fingerprint density at radius 1 is 0.879 bits per heavy atom. The minimum atomic E-state index is -4.39. The fourth-order valence-corrected chi connectivity index (χ4v) is 3.89. The number of ketones is 1. The quantitative estimate of drug-likeness (QED) is 0.315. The van der Waals surface area contributed by atoms with Gasteiger partial charge in [-0.2, -0.15) is 13.2 Å². The van der Waals surface area contributed by atoms with Gasteiger partial charge in [-0.15, -0.1) is 0 Å². The predicted octanol–water partition coefficient (Wildman–Crippen LogP) is 8.91. The van der Waals surface area contributed by atoms with Gasteiger partial charge in [0.1, 0.15) is 5.78 Å². The molecule has 5 heteroatoms. The van der Waals surface area contributed by atoms with E-state index in [4.69, 9.17) is 11.6 Å². The lowest BCUT2D eigenvalue weighted by molar-refractivity contribution is -0.137. The largest absolute Gasteiger partial charge is 0.416 e. The van der Waals surface area contributed by atoms with Crippen molar-refractivity contribution >= 4 is 29.5 Å². The molecule has 0 aromatic heterocycles. The number of rotatable bonds is 7. The van der Waals surface area contributed by atoms with E-state index < -0.39 is 11.7 Å². The molecule has 0 aliphatic carbocycles. The van der Waals surface area contributed by atoms with Gasteiger partial charge >= 0.3 is 6.18 Å². The summed E-state index contributed by atoms with van der Waals surface area (Å²) in [6, 6.07) is 18.3. The third-order valence-corrected chi connectivity index (χ3v) is 5.71. The van der Waals surface area contributed by atoms with Crippen molar-refractivity contribution in [2.45, 2.75) is 39.3 Å². The first-order valence-electron chi connectivity index (χ1n) is 10.8. The maximum Gasteiger partial charge on any atom is 0.416 e. The van der Waals surface area contributed by atoms with E-state index in [2.05, 4.69) is 13.8 Å². The van der Waals surface area contributed by atoms with Crippen LogP contribution >= 0.6 is 11.6 Å². The zero-order valence-corrected chi connectivity index (χ0v) is 19.5. The summed E-state index contributed by atoms with van der Waals surface area (Å²) in [4.78, 5) is 12.4.